The summed E-state index contributed by atoms with van der Waals surface area (Å²) in [5.74, 6) is -5.79. The van der Waals surface area contributed by atoms with Crippen molar-refractivity contribution in [2.45, 2.75) is 49.9 Å². The molecule has 1 aliphatic carbocycles. The number of hydrogen-bond donors (Lipinski definition) is 0. The minimum absolute atomic E-state index is 0.0848. The molecule has 0 N–H and O–H groups in total. The Hall–Kier alpha value is -2.97. The van der Waals surface area contributed by atoms with E-state index in [4.69, 9.17) is 11.3 Å². The van der Waals surface area contributed by atoms with Crippen LogP contribution in [0.2, 0.25) is 0 Å². The molecule has 0 radical (unpaired) electrons. The zero-order valence-electron chi connectivity index (χ0n) is 16.6. The van der Waals surface area contributed by atoms with Crippen LogP contribution >= 0.6 is 0 Å². The predicted octanol–water partition coefficient (Wildman–Crippen LogP) is 5.30. The van der Waals surface area contributed by atoms with Crippen molar-refractivity contribution in [3.05, 3.63) is 35.7 Å². The third-order valence-corrected chi connectivity index (χ3v) is 6.02. The van der Waals surface area contributed by atoms with Gasteiger partial charge in [0.15, 0.2) is 0 Å². The minimum Gasteiger partial charge on any atom is -0.441 e. The van der Waals surface area contributed by atoms with Crippen molar-refractivity contribution in [2.24, 2.45) is 5.92 Å². The van der Waals surface area contributed by atoms with Gasteiger partial charge in [0.1, 0.15) is 11.4 Å². The van der Waals surface area contributed by atoms with Crippen LogP contribution in [0, 0.1) is 18.3 Å². The molecular formula is C20H18F6N4O2. The topological polar surface area (TPSA) is 51.7 Å². The lowest BCUT2D eigenvalue weighted by molar-refractivity contribution is -0.284. The van der Waals surface area contributed by atoms with Crippen LogP contribution in [0.4, 0.5) is 36.8 Å². The highest BCUT2D eigenvalue weighted by Gasteiger charge is 2.60. The average Bonchev–Trinajstić information content (AvgIpc) is 3.20. The molecule has 1 saturated carbocycles. The molecule has 2 atom stereocenters. The molecule has 172 valence electrons. The molecule has 1 aromatic carbocycles. The molecule has 2 fully saturated rings. The largest absolute Gasteiger partial charge is 0.455 e. The molecular weight excluding hydrogens is 442 g/mol. The maximum atomic E-state index is 13.8. The molecule has 2 aliphatic rings. The minimum atomic E-state index is -5.76. The summed E-state index contributed by atoms with van der Waals surface area (Å²) in [5, 5.41) is 0. The van der Waals surface area contributed by atoms with E-state index < -0.39 is 36.2 Å². The number of ether oxygens (including phenoxy) is 1. The number of rotatable bonds is 4. The third-order valence-electron chi connectivity index (χ3n) is 6.02. The fourth-order valence-electron chi connectivity index (χ4n) is 4.56. The highest BCUT2D eigenvalue weighted by molar-refractivity contribution is 5.80. The first-order valence-corrected chi connectivity index (χ1v) is 9.87. The van der Waals surface area contributed by atoms with Gasteiger partial charge in [0.2, 0.25) is 5.69 Å². The Kier molecular flexibility index (Phi) is 5.26. The van der Waals surface area contributed by atoms with Gasteiger partial charge in [0.25, 0.3) is 0 Å². The van der Waals surface area contributed by atoms with Gasteiger partial charge in [-0.3, -0.25) is 4.90 Å². The van der Waals surface area contributed by atoms with Gasteiger partial charge < -0.3 is 9.30 Å². The maximum absolute atomic E-state index is 13.8. The van der Waals surface area contributed by atoms with Gasteiger partial charge in [-0.25, -0.2) is 19.0 Å². The van der Waals surface area contributed by atoms with Crippen molar-refractivity contribution in [3.8, 4) is 0 Å². The zero-order valence-corrected chi connectivity index (χ0v) is 16.6. The van der Waals surface area contributed by atoms with Crippen LogP contribution in [0.5, 0.6) is 0 Å². The Labute approximate surface area is 178 Å². The molecule has 4 rings (SSSR count). The summed E-state index contributed by atoms with van der Waals surface area (Å²) in [6, 6.07) is 2.55. The lowest BCUT2D eigenvalue weighted by Gasteiger charge is -2.36. The molecule has 1 spiro atoms. The Bertz CT molecular complexity index is 1090. The quantitative estimate of drug-likeness (QED) is 0.459. The number of carbonyl (C=O) groups excluding carboxylic acids is 1. The number of amides is 1. The Balaban J connectivity index is 1.49. The zero-order chi connectivity index (χ0) is 23.3. The van der Waals surface area contributed by atoms with Gasteiger partial charge in [0, 0.05) is 6.54 Å². The molecule has 2 heterocycles. The molecule has 1 aliphatic heterocycles. The molecule has 0 unspecified atom stereocenters. The van der Waals surface area contributed by atoms with Crippen LogP contribution in [0.25, 0.3) is 15.9 Å². The first kappa shape index (κ1) is 22.2. The Morgan fingerprint density at radius 2 is 2.03 bits per heavy atom. The highest BCUT2D eigenvalue weighted by atomic mass is 19.4. The Morgan fingerprint density at radius 1 is 1.28 bits per heavy atom. The van der Waals surface area contributed by atoms with Crippen molar-refractivity contribution in [1.29, 1.82) is 0 Å². The van der Waals surface area contributed by atoms with Gasteiger partial charge in [0.05, 0.1) is 37.0 Å². The van der Waals surface area contributed by atoms with E-state index in [1.165, 1.54) is 18.5 Å². The number of nitrogens with zero attached hydrogens (tertiary/aromatic N) is 4. The normalized spacial score (nSPS) is 24.2. The molecule has 2 aromatic rings. The number of hydrogen-bond acceptors (Lipinski definition) is 3. The lowest BCUT2D eigenvalue weighted by Crippen LogP contribution is -2.48. The van der Waals surface area contributed by atoms with Crippen LogP contribution in [0.3, 0.4) is 0 Å². The van der Waals surface area contributed by atoms with Crippen molar-refractivity contribution in [3.63, 3.8) is 0 Å². The molecule has 0 bridgehead atoms. The van der Waals surface area contributed by atoms with E-state index in [0.29, 0.717) is 41.7 Å². The molecule has 1 aromatic heterocycles. The average molecular weight is 460 g/mol. The van der Waals surface area contributed by atoms with E-state index in [0.717, 1.165) is 0 Å². The highest BCUT2D eigenvalue weighted by Crippen LogP contribution is 2.43. The van der Waals surface area contributed by atoms with Crippen LogP contribution in [0.15, 0.2) is 18.5 Å². The van der Waals surface area contributed by atoms with Crippen molar-refractivity contribution in [1.82, 2.24) is 14.5 Å². The number of benzene rings is 1. The molecule has 32 heavy (non-hydrogen) atoms. The van der Waals surface area contributed by atoms with E-state index in [1.807, 2.05) is 0 Å². The molecule has 12 heteroatoms. The third kappa shape index (κ3) is 3.96. The standard InChI is InChI=1S/C20H18F6N4O2/c1-27-14-6-16-15(5-13(14)21)28-11-29(16)8-12-3-2-4-18(7-12)9-30(17(31)32-18)10-19(22,23)20(24,25)26/h5-6,11-12H,2-4,7-10H2/t12-,18-/m0/s1. The summed E-state index contributed by atoms with van der Waals surface area (Å²) in [4.78, 5) is 19.8. The number of carbonyl (C=O) groups is 1. The van der Waals surface area contributed by atoms with Gasteiger partial charge in [-0.15, -0.1) is 0 Å². The fourth-order valence-corrected chi connectivity index (χ4v) is 4.56. The van der Waals surface area contributed by atoms with Gasteiger partial charge in [-0.2, -0.15) is 22.0 Å². The summed E-state index contributed by atoms with van der Waals surface area (Å²) in [6.45, 7) is 5.33. The number of alkyl halides is 5. The van der Waals surface area contributed by atoms with Gasteiger partial charge in [-0.1, -0.05) is 0 Å². The number of halogens is 6. The summed E-state index contributed by atoms with van der Waals surface area (Å²) in [6.07, 6.45) is -3.49. The molecule has 1 saturated heterocycles. The van der Waals surface area contributed by atoms with E-state index in [9.17, 15) is 31.1 Å². The van der Waals surface area contributed by atoms with Crippen molar-refractivity contribution < 1.29 is 35.9 Å². The van der Waals surface area contributed by atoms with Crippen LogP contribution in [-0.4, -0.2) is 51.3 Å². The molecule has 1 amide bonds. The molecule has 6 nitrogen and oxygen atoms in total. The second-order valence-corrected chi connectivity index (χ2v) is 8.37. The van der Waals surface area contributed by atoms with Crippen LogP contribution in [-0.2, 0) is 11.3 Å². The second-order valence-electron chi connectivity index (χ2n) is 8.37. The first-order chi connectivity index (χ1) is 14.9. The van der Waals surface area contributed by atoms with Gasteiger partial charge >= 0.3 is 18.2 Å². The summed E-state index contributed by atoms with van der Waals surface area (Å²) < 4.78 is 85.4. The Morgan fingerprint density at radius 3 is 2.72 bits per heavy atom. The summed E-state index contributed by atoms with van der Waals surface area (Å²) >= 11 is 0. The number of imidazole rings is 1. The second kappa shape index (κ2) is 7.56. The first-order valence-electron chi connectivity index (χ1n) is 9.87. The monoisotopic (exact) mass is 460 g/mol. The van der Waals surface area contributed by atoms with E-state index in [2.05, 4.69) is 9.83 Å². The predicted molar refractivity (Wildman–Crippen MR) is 99.7 cm³/mol. The van der Waals surface area contributed by atoms with Gasteiger partial charge in [-0.05, 0) is 43.7 Å². The summed E-state index contributed by atoms with van der Waals surface area (Å²) in [5.41, 5.74) is -0.364. The fraction of sp³-hybridized carbons (Fsp3) is 0.550. The number of aromatic nitrogens is 2. The summed E-state index contributed by atoms with van der Waals surface area (Å²) in [7, 11) is 0. The van der Waals surface area contributed by atoms with Crippen LogP contribution in [0.1, 0.15) is 25.7 Å². The van der Waals surface area contributed by atoms with Crippen molar-refractivity contribution >= 4 is 22.8 Å². The van der Waals surface area contributed by atoms with E-state index in [-0.39, 0.29) is 24.6 Å². The van der Waals surface area contributed by atoms with E-state index >= 15 is 0 Å². The van der Waals surface area contributed by atoms with Crippen LogP contribution < -0.4 is 0 Å². The maximum Gasteiger partial charge on any atom is 0.455 e. The SMILES string of the molecule is [C-]#[N+]c1cc2c(cc1F)ncn2C[C@H]1CCC[C@]2(C1)CN(CC(F)(F)C(F)(F)F)C(=O)O2. The smallest absolute Gasteiger partial charge is 0.441 e. The van der Waals surface area contributed by atoms with Crippen molar-refractivity contribution in [2.75, 3.05) is 13.1 Å². The lowest BCUT2D eigenvalue weighted by atomic mass is 9.78. The number of fused-ring (bicyclic) bond motifs is 1. The van der Waals surface area contributed by atoms with E-state index in [1.54, 1.807) is 4.57 Å².